The molecule has 0 aromatic heterocycles. The third-order valence-corrected chi connectivity index (χ3v) is 11.3. The number of hydrogen-bond donors (Lipinski definition) is 4. The molecule has 4 N–H and O–H groups in total. The van der Waals surface area contributed by atoms with Crippen LogP contribution in [0.3, 0.4) is 0 Å². The average molecular weight is 925 g/mol. The maximum Gasteiger partial charge on any atom is 0.397 e. The van der Waals surface area contributed by atoms with E-state index >= 15 is 0 Å². The predicted molar refractivity (Wildman–Crippen MR) is 257 cm³/mol. The number of esters is 1. The van der Waals surface area contributed by atoms with E-state index in [4.69, 9.17) is 18.9 Å². The number of aliphatic hydroxyl groups excluding tert-OH is 3. The lowest BCUT2D eigenvalue weighted by Crippen LogP contribution is -2.60. The van der Waals surface area contributed by atoms with Crippen molar-refractivity contribution in [2.24, 2.45) is 0 Å². The molecule has 1 heterocycles. The van der Waals surface area contributed by atoms with Gasteiger partial charge >= 0.3 is 16.4 Å². The summed E-state index contributed by atoms with van der Waals surface area (Å²) in [6.45, 7) is 3.83. The van der Waals surface area contributed by atoms with Gasteiger partial charge in [0.1, 0.15) is 30.5 Å². The minimum atomic E-state index is -5.07. The van der Waals surface area contributed by atoms with E-state index < -0.39 is 59.8 Å². The minimum absolute atomic E-state index is 0.0167. The van der Waals surface area contributed by atoms with Crippen LogP contribution in [-0.2, 0) is 38.3 Å². The Kier molecular flexibility index (Phi) is 39.0. The molecule has 1 saturated heterocycles. The summed E-state index contributed by atoms with van der Waals surface area (Å²) in [5.74, 6) is -0.441. The van der Waals surface area contributed by atoms with Crippen molar-refractivity contribution in [1.82, 2.24) is 0 Å². The zero-order valence-corrected chi connectivity index (χ0v) is 40.4. The first-order valence-corrected chi connectivity index (χ1v) is 26.1. The van der Waals surface area contributed by atoms with Gasteiger partial charge in [0.25, 0.3) is 0 Å². The van der Waals surface area contributed by atoms with Crippen molar-refractivity contribution in [3.63, 3.8) is 0 Å². The summed E-state index contributed by atoms with van der Waals surface area (Å²) >= 11 is 0. The lowest BCUT2D eigenvalue weighted by Gasteiger charge is -2.41. The van der Waals surface area contributed by atoms with E-state index in [0.717, 1.165) is 70.6 Å². The lowest BCUT2D eigenvalue weighted by molar-refractivity contribution is -0.301. The molecule has 0 spiro atoms. The number of aliphatic hydroxyl groups is 3. The number of hydrogen-bond acceptors (Lipinski definition) is 11. The van der Waals surface area contributed by atoms with Gasteiger partial charge in [-0.05, 0) is 64.2 Å². The maximum absolute atomic E-state index is 12.9. The Hall–Kier alpha value is -2.46. The van der Waals surface area contributed by atoms with Crippen molar-refractivity contribution in [2.75, 3.05) is 26.4 Å². The minimum Gasteiger partial charge on any atom is -0.457 e. The van der Waals surface area contributed by atoms with Crippen molar-refractivity contribution in [3.8, 4) is 0 Å². The largest absolute Gasteiger partial charge is 0.457 e. The maximum atomic E-state index is 12.9. The molecule has 0 aliphatic carbocycles. The van der Waals surface area contributed by atoms with Crippen LogP contribution in [0.2, 0.25) is 0 Å². The Morgan fingerprint density at radius 3 is 1.55 bits per heavy atom. The van der Waals surface area contributed by atoms with E-state index in [1.165, 1.54) is 83.5 Å². The zero-order chi connectivity index (χ0) is 46.8. The highest BCUT2D eigenvalue weighted by atomic mass is 32.3. The van der Waals surface area contributed by atoms with E-state index in [0.29, 0.717) is 13.0 Å². The van der Waals surface area contributed by atoms with Crippen LogP contribution in [-0.4, -0.2) is 97.5 Å². The molecule has 12 nitrogen and oxygen atoms in total. The summed E-state index contributed by atoms with van der Waals surface area (Å²) in [6.07, 6.45) is 45.0. The molecule has 1 aliphatic rings. The highest BCUT2D eigenvalue weighted by Gasteiger charge is 2.48. The van der Waals surface area contributed by atoms with Gasteiger partial charge in [-0.1, -0.05) is 183 Å². The van der Waals surface area contributed by atoms with Gasteiger partial charge in [0.15, 0.2) is 6.29 Å². The predicted octanol–water partition coefficient (Wildman–Crippen LogP) is 11.1. The Labute approximate surface area is 388 Å². The van der Waals surface area contributed by atoms with Gasteiger partial charge in [-0.15, -0.1) is 0 Å². The summed E-state index contributed by atoms with van der Waals surface area (Å²) in [5.41, 5.74) is 0. The van der Waals surface area contributed by atoms with Crippen molar-refractivity contribution < 1.29 is 56.2 Å². The highest BCUT2D eigenvalue weighted by Crippen LogP contribution is 2.26. The van der Waals surface area contributed by atoms with Gasteiger partial charge in [-0.3, -0.25) is 9.35 Å². The van der Waals surface area contributed by atoms with E-state index in [1.54, 1.807) is 0 Å². The first kappa shape index (κ1) is 59.6. The highest BCUT2D eigenvalue weighted by molar-refractivity contribution is 7.80. The van der Waals surface area contributed by atoms with Crippen molar-refractivity contribution in [2.45, 2.75) is 218 Å². The molecule has 0 radical (unpaired) electrons. The Balaban J connectivity index is 2.43. The topological polar surface area (TPSA) is 178 Å². The van der Waals surface area contributed by atoms with Crippen LogP contribution in [0, 0.1) is 0 Å². The first-order valence-electron chi connectivity index (χ1n) is 24.7. The summed E-state index contributed by atoms with van der Waals surface area (Å²) in [4.78, 5) is 12.9. The Bertz CT molecular complexity index is 1390. The van der Waals surface area contributed by atoms with E-state index in [9.17, 15) is 33.1 Å². The molecule has 1 rings (SSSR count). The molecule has 0 aromatic carbocycles. The van der Waals surface area contributed by atoms with Gasteiger partial charge in [0.05, 0.1) is 19.8 Å². The molecule has 0 bridgehead atoms. The molecule has 64 heavy (non-hydrogen) atoms. The molecule has 1 fully saturated rings. The summed E-state index contributed by atoms with van der Waals surface area (Å²) in [5, 5.41) is 30.7. The smallest absolute Gasteiger partial charge is 0.397 e. The molecule has 0 amide bonds. The molecular weight excluding hydrogens is 837 g/mol. The molecule has 1 aliphatic heterocycles. The van der Waals surface area contributed by atoms with Crippen molar-refractivity contribution in [1.29, 1.82) is 0 Å². The average Bonchev–Trinajstić information content (AvgIpc) is 3.27. The van der Waals surface area contributed by atoms with Crippen molar-refractivity contribution in [3.05, 3.63) is 72.9 Å². The standard InChI is InChI=1S/C51H88O12S/c1-3-5-7-9-11-13-15-17-19-21-22-23-24-25-26-28-30-32-34-36-38-40-47(53)61-45(44-60-51-49(55)50(63-64(56,57)58)48(54)46(42-52)62-51)43-59-41-39-37-35-33-31-29-27-20-18-16-14-12-10-8-6-4-2/h5,7,11,13,17,19,22-23,25-26,30,32,45-46,48-52,54-55H,3-4,6,8-10,12,14-16,18,20-21,24,27-29,31,33-44H2,1-2H3,(H,56,57,58)/b7-5-,13-11-,19-17-,23-22-,26-25-,32-30-. The fourth-order valence-electron chi connectivity index (χ4n) is 7.15. The number of unbranched alkanes of at least 4 members (excludes halogenated alkanes) is 17. The third-order valence-electron chi connectivity index (χ3n) is 10.8. The van der Waals surface area contributed by atoms with Crippen LogP contribution in [0.15, 0.2) is 72.9 Å². The van der Waals surface area contributed by atoms with Crippen LogP contribution in [0.4, 0.5) is 0 Å². The van der Waals surface area contributed by atoms with Gasteiger partial charge in [-0.25, -0.2) is 4.18 Å². The summed E-state index contributed by atoms with van der Waals surface area (Å²) in [6, 6.07) is 0. The SMILES string of the molecule is CC/C=C\C/C=C\C/C=C\C/C=C\C/C=C\C/C=C\CCCCC(=O)OC(COCCCCCCCCCCCCCCCCCC)COC1OC(CO)C(O)C(OS(=O)(=O)O)C1O. The van der Waals surface area contributed by atoms with Crippen molar-refractivity contribution >= 4 is 16.4 Å². The van der Waals surface area contributed by atoms with Gasteiger partial charge in [0, 0.05) is 13.0 Å². The number of rotatable bonds is 42. The quantitative estimate of drug-likeness (QED) is 0.0197. The molecule has 0 aromatic rings. The zero-order valence-electron chi connectivity index (χ0n) is 39.6. The molecule has 370 valence electrons. The molecule has 13 heteroatoms. The second-order valence-electron chi connectivity index (χ2n) is 16.7. The number of ether oxygens (including phenoxy) is 4. The van der Waals surface area contributed by atoms with Crippen LogP contribution < -0.4 is 0 Å². The van der Waals surface area contributed by atoms with Gasteiger partial charge in [-0.2, -0.15) is 8.42 Å². The van der Waals surface area contributed by atoms with Gasteiger partial charge < -0.3 is 34.3 Å². The fourth-order valence-corrected chi connectivity index (χ4v) is 7.65. The van der Waals surface area contributed by atoms with E-state index in [-0.39, 0.29) is 19.6 Å². The van der Waals surface area contributed by atoms with Crippen LogP contribution in [0.5, 0.6) is 0 Å². The summed E-state index contributed by atoms with van der Waals surface area (Å²) < 4.78 is 59.1. The third kappa shape index (κ3) is 34.8. The fraction of sp³-hybridized carbons (Fsp3) is 0.745. The van der Waals surface area contributed by atoms with E-state index in [2.05, 4.69) is 90.9 Å². The van der Waals surface area contributed by atoms with Crippen LogP contribution >= 0.6 is 0 Å². The molecule has 6 atom stereocenters. The summed E-state index contributed by atoms with van der Waals surface area (Å²) in [7, 11) is -5.07. The monoisotopic (exact) mass is 925 g/mol. The number of carbonyl (C=O) groups is 1. The Morgan fingerprint density at radius 1 is 0.609 bits per heavy atom. The lowest BCUT2D eigenvalue weighted by atomic mass is 9.99. The second kappa shape index (κ2) is 41.9. The van der Waals surface area contributed by atoms with E-state index in [1.807, 2.05) is 0 Å². The van der Waals surface area contributed by atoms with Gasteiger partial charge in [0.2, 0.25) is 0 Å². The van der Waals surface area contributed by atoms with Crippen LogP contribution in [0.1, 0.15) is 181 Å². The number of carbonyl (C=O) groups excluding carboxylic acids is 1. The molecule has 6 unspecified atom stereocenters. The van der Waals surface area contributed by atoms with Crippen LogP contribution in [0.25, 0.3) is 0 Å². The Morgan fingerprint density at radius 2 is 1.08 bits per heavy atom. The molecular formula is C51H88O12S. The first-order chi connectivity index (χ1) is 31.1. The number of allylic oxidation sites excluding steroid dienone is 12. The molecule has 0 saturated carbocycles. The second-order valence-corrected chi connectivity index (χ2v) is 17.7. The normalized spacial score (nSPS) is 20.4.